The molecule has 0 radical (unpaired) electrons. The van der Waals surface area contributed by atoms with Crippen LogP contribution < -0.4 is 5.32 Å². The predicted octanol–water partition coefficient (Wildman–Crippen LogP) is 1.78. The summed E-state index contributed by atoms with van der Waals surface area (Å²) in [5.74, 6) is -0.453. The first-order valence-corrected chi connectivity index (χ1v) is 7.74. The molecule has 0 aliphatic rings. The van der Waals surface area contributed by atoms with E-state index in [0.717, 1.165) is 0 Å². The van der Waals surface area contributed by atoms with E-state index in [2.05, 4.69) is 5.32 Å². The van der Waals surface area contributed by atoms with Crippen molar-refractivity contribution in [1.29, 1.82) is 0 Å². The van der Waals surface area contributed by atoms with Crippen molar-refractivity contribution in [3.05, 3.63) is 35.4 Å². The third-order valence-electron chi connectivity index (χ3n) is 2.98. The van der Waals surface area contributed by atoms with Gasteiger partial charge in [-0.25, -0.2) is 9.59 Å². The van der Waals surface area contributed by atoms with E-state index in [1.54, 1.807) is 27.7 Å². The molecule has 1 aromatic carbocycles. The second kappa shape index (κ2) is 8.65. The van der Waals surface area contributed by atoms with E-state index < -0.39 is 29.9 Å². The largest absolute Gasteiger partial charge is 0.462 e. The molecule has 0 bridgehead atoms. The molecule has 0 saturated heterocycles. The van der Waals surface area contributed by atoms with E-state index in [1.165, 1.54) is 24.3 Å². The van der Waals surface area contributed by atoms with Crippen molar-refractivity contribution < 1.29 is 29.3 Å². The van der Waals surface area contributed by atoms with Crippen LogP contribution in [-0.4, -0.2) is 47.1 Å². The monoisotopic (exact) mass is 339 g/mol. The van der Waals surface area contributed by atoms with Crippen LogP contribution in [0.2, 0.25) is 0 Å². The van der Waals surface area contributed by atoms with E-state index in [4.69, 9.17) is 9.47 Å². The molecule has 1 rings (SSSR count). The molecule has 0 saturated carbocycles. The van der Waals surface area contributed by atoms with E-state index in [1.807, 2.05) is 0 Å². The molecule has 2 atom stereocenters. The van der Waals surface area contributed by atoms with Crippen LogP contribution in [0.25, 0.3) is 0 Å². The quantitative estimate of drug-likeness (QED) is 0.682. The van der Waals surface area contributed by atoms with Crippen LogP contribution in [0.1, 0.15) is 49.7 Å². The summed E-state index contributed by atoms with van der Waals surface area (Å²) < 4.78 is 9.91. The molecule has 1 amide bonds. The number of aliphatic hydroxyl groups is 2. The zero-order chi connectivity index (χ0) is 18.3. The van der Waals surface area contributed by atoms with Gasteiger partial charge in [-0.3, -0.25) is 0 Å². The molecule has 7 nitrogen and oxygen atoms in total. The minimum absolute atomic E-state index is 0.171. The average molecular weight is 339 g/mol. The molecule has 2 unspecified atom stereocenters. The number of aliphatic hydroxyl groups excluding tert-OH is 2. The predicted molar refractivity (Wildman–Crippen MR) is 87.6 cm³/mol. The standard InChI is InChI=1S/C17H25NO6/c1-5-23-15(21)12-8-6-11(7-9-12)14(20)13(19)10-18-16(22)24-17(2,3)4/h6-9,13-14,19-20H,5,10H2,1-4H3,(H,18,22). The Morgan fingerprint density at radius 2 is 1.75 bits per heavy atom. The number of alkyl carbamates (subject to hydrolysis) is 1. The number of nitrogens with one attached hydrogen (secondary N) is 1. The minimum Gasteiger partial charge on any atom is -0.462 e. The average Bonchev–Trinajstić information content (AvgIpc) is 2.50. The van der Waals surface area contributed by atoms with E-state index in [0.29, 0.717) is 11.1 Å². The first-order chi connectivity index (χ1) is 11.1. The van der Waals surface area contributed by atoms with Gasteiger partial charge < -0.3 is 25.0 Å². The summed E-state index contributed by atoms with van der Waals surface area (Å²) >= 11 is 0. The number of ether oxygens (including phenoxy) is 2. The fourth-order valence-electron chi connectivity index (χ4n) is 1.87. The first-order valence-electron chi connectivity index (χ1n) is 7.74. The summed E-state index contributed by atoms with van der Waals surface area (Å²) in [5.41, 5.74) is 0.132. The second-order valence-corrected chi connectivity index (χ2v) is 6.24. The number of hydrogen-bond acceptors (Lipinski definition) is 6. The highest BCUT2D eigenvalue weighted by atomic mass is 16.6. The van der Waals surface area contributed by atoms with Crippen molar-refractivity contribution in [1.82, 2.24) is 5.32 Å². The van der Waals surface area contributed by atoms with Gasteiger partial charge in [-0.05, 0) is 45.4 Å². The zero-order valence-corrected chi connectivity index (χ0v) is 14.4. The van der Waals surface area contributed by atoms with Gasteiger partial charge in [-0.15, -0.1) is 0 Å². The molecule has 134 valence electrons. The van der Waals surface area contributed by atoms with Crippen LogP contribution in [0.3, 0.4) is 0 Å². The molecular formula is C17H25NO6. The van der Waals surface area contributed by atoms with Gasteiger partial charge in [-0.2, -0.15) is 0 Å². The SMILES string of the molecule is CCOC(=O)c1ccc(C(O)C(O)CNC(=O)OC(C)(C)C)cc1. The summed E-state index contributed by atoms with van der Waals surface area (Å²) in [6.45, 7) is 6.99. The normalized spacial score (nSPS) is 13.8. The lowest BCUT2D eigenvalue weighted by Gasteiger charge is -2.22. The highest BCUT2D eigenvalue weighted by Gasteiger charge is 2.21. The van der Waals surface area contributed by atoms with Crippen molar-refractivity contribution in [3.8, 4) is 0 Å². The number of rotatable bonds is 6. The smallest absolute Gasteiger partial charge is 0.407 e. The molecule has 0 aliphatic heterocycles. The van der Waals surface area contributed by atoms with Crippen LogP contribution in [0.4, 0.5) is 4.79 Å². The van der Waals surface area contributed by atoms with E-state index >= 15 is 0 Å². The minimum atomic E-state index is -1.22. The third kappa shape index (κ3) is 6.55. The molecule has 0 aromatic heterocycles. The van der Waals surface area contributed by atoms with Gasteiger partial charge in [0, 0.05) is 6.54 Å². The summed E-state index contributed by atoms with van der Waals surface area (Å²) in [7, 11) is 0. The van der Waals surface area contributed by atoms with Crippen LogP contribution in [0.15, 0.2) is 24.3 Å². The maximum atomic E-state index is 11.6. The molecule has 0 fully saturated rings. The molecule has 0 spiro atoms. The summed E-state index contributed by atoms with van der Waals surface area (Å²) in [4.78, 5) is 23.1. The molecule has 3 N–H and O–H groups in total. The van der Waals surface area contributed by atoms with Gasteiger partial charge in [0.05, 0.1) is 12.2 Å². The Kier molecular flexibility index (Phi) is 7.18. The molecule has 1 aromatic rings. The van der Waals surface area contributed by atoms with Crippen LogP contribution in [0, 0.1) is 0 Å². The van der Waals surface area contributed by atoms with Gasteiger partial charge in [0.25, 0.3) is 0 Å². The Hall–Kier alpha value is -2.12. The number of carbonyl (C=O) groups is 2. The summed E-state index contributed by atoms with van der Waals surface area (Å²) in [5, 5.41) is 22.5. The van der Waals surface area contributed by atoms with Gasteiger partial charge in [-0.1, -0.05) is 12.1 Å². The van der Waals surface area contributed by atoms with Crippen LogP contribution >= 0.6 is 0 Å². The van der Waals surface area contributed by atoms with Crippen molar-refractivity contribution >= 4 is 12.1 Å². The zero-order valence-electron chi connectivity index (χ0n) is 14.4. The summed E-state index contributed by atoms with van der Waals surface area (Å²) in [6, 6.07) is 6.05. The molecule has 0 aliphatic carbocycles. The lowest BCUT2D eigenvalue weighted by Crippen LogP contribution is -2.38. The fraction of sp³-hybridized carbons (Fsp3) is 0.529. The van der Waals surface area contributed by atoms with Gasteiger partial charge in [0.15, 0.2) is 0 Å². The van der Waals surface area contributed by atoms with Crippen molar-refractivity contribution in [3.63, 3.8) is 0 Å². The Morgan fingerprint density at radius 1 is 1.17 bits per heavy atom. The molecule has 0 heterocycles. The van der Waals surface area contributed by atoms with E-state index in [-0.39, 0.29) is 13.2 Å². The molecule has 24 heavy (non-hydrogen) atoms. The van der Waals surface area contributed by atoms with Crippen LogP contribution in [-0.2, 0) is 9.47 Å². The van der Waals surface area contributed by atoms with Crippen molar-refractivity contribution in [2.45, 2.75) is 45.5 Å². The Labute approximate surface area is 141 Å². The van der Waals surface area contributed by atoms with Gasteiger partial charge in [0.2, 0.25) is 0 Å². The van der Waals surface area contributed by atoms with Gasteiger partial charge >= 0.3 is 12.1 Å². The number of esters is 1. The van der Waals surface area contributed by atoms with Crippen molar-refractivity contribution in [2.75, 3.05) is 13.2 Å². The third-order valence-corrected chi connectivity index (χ3v) is 2.98. The van der Waals surface area contributed by atoms with E-state index in [9.17, 15) is 19.8 Å². The topological polar surface area (TPSA) is 105 Å². The lowest BCUT2D eigenvalue weighted by molar-refractivity contribution is 0.0129. The Morgan fingerprint density at radius 3 is 2.25 bits per heavy atom. The number of benzene rings is 1. The number of carbonyl (C=O) groups excluding carboxylic acids is 2. The first kappa shape index (κ1) is 19.9. The Bertz CT molecular complexity index is 549. The van der Waals surface area contributed by atoms with Crippen LogP contribution in [0.5, 0.6) is 0 Å². The fourth-order valence-corrected chi connectivity index (χ4v) is 1.87. The van der Waals surface area contributed by atoms with Crippen molar-refractivity contribution in [2.24, 2.45) is 0 Å². The second-order valence-electron chi connectivity index (χ2n) is 6.24. The maximum Gasteiger partial charge on any atom is 0.407 e. The number of hydrogen-bond donors (Lipinski definition) is 3. The maximum absolute atomic E-state index is 11.6. The molecular weight excluding hydrogens is 314 g/mol. The molecule has 7 heteroatoms. The van der Waals surface area contributed by atoms with Gasteiger partial charge in [0.1, 0.15) is 17.8 Å². The Balaban J connectivity index is 2.58. The highest BCUT2D eigenvalue weighted by molar-refractivity contribution is 5.89. The highest BCUT2D eigenvalue weighted by Crippen LogP contribution is 2.18. The lowest BCUT2D eigenvalue weighted by atomic mass is 10.0. The number of amides is 1. The summed E-state index contributed by atoms with van der Waals surface area (Å²) in [6.07, 6.45) is -3.10.